The fourth-order valence-electron chi connectivity index (χ4n) is 0.997. The minimum absolute atomic E-state index is 0.232. The van der Waals surface area contributed by atoms with Gasteiger partial charge in [-0.2, -0.15) is 10.5 Å². The van der Waals surface area contributed by atoms with Crippen molar-refractivity contribution in [1.29, 1.82) is 0 Å². The highest BCUT2D eigenvalue weighted by molar-refractivity contribution is 6.28. The molecule has 0 spiro atoms. The number of hydrogen-bond donors (Lipinski definition) is 2. The first-order valence-electron chi connectivity index (χ1n) is 3.77. The molecule has 6 heteroatoms. The molecular weight excluding hydrogens is 192 g/mol. The van der Waals surface area contributed by atoms with Crippen molar-refractivity contribution in [3.8, 4) is 0 Å². The Bertz CT molecular complexity index is 305. The summed E-state index contributed by atoms with van der Waals surface area (Å²) in [6.07, 6.45) is 0. The summed E-state index contributed by atoms with van der Waals surface area (Å²) in [5.74, 6) is 0.666. The van der Waals surface area contributed by atoms with E-state index in [4.69, 9.17) is 16.4 Å². The molecule has 1 heterocycles. The Morgan fingerprint density at radius 3 is 2.69 bits per heavy atom. The fourth-order valence-corrected chi connectivity index (χ4v) is 1.21. The molecule has 0 fully saturated rings. The van der Waals surface area contributed by atoms with Crippen LogP contribution in [-0.4, -0.2) is 24.1 Å². The highest BCUT2D eigenvalue weighted by Gasteiger charge is 2.13. The van der Waals surface area contributed by atoms with Gasteiger partial charge in [-0.15, -0.1) is 0 Å². The van der Waals surface area contributed by atoms with Gasteiger partial charge in [0, 0.05) is 7.05 Å². The molecule has 0 saturated heterocycles. The normalized spacial score (nSPS) is 10.2. The van der Waals surface area contributed by atoms with Crippen LogP contribution in [0.2, 0.25) is 5.28 Å². The molecule has 0 aliphatic carbocycles. The van der Waals surface area contributed by atoms with Gasteiger partial charge in [-0.1, -0.05) is 0 Å². The lowest BCUT2D eigenvalue weighted by molar-refractivity contribution is -0.830. The fraction of sp³-hybridized carbons (Fsp3) is 0.429. The third-order valence-electron chi connectivity index (χ3n) is 1.58. The van der Waals surface area contributed by atoms with Crippen molar-refractivity contribution in [2.75, 3.05) is 19.5 Å². The molecule has 0 radical (unpaired) electrons. The maximum atomic E-state index is 5.68. The van der Waals surface area contributed by atoms with E-state index in [1.165, 1.54) is 0 Å². The minimum atomic E-state index is 0.232. The van der Waals surface area contributed by atoms with Crippen molar-refractivity contribution in [1.82, 2.24) is 9.97 Å². The number of anilines is 1. The van der Waals surface area contributed by atoms with E-state index >= 15 is 0 Å². The van der Waals surface area contributed by atoms with Gasteiger partial charge >= 0.3 is 0 Å². The van der Waals surface area contributed by atoms with Crippen LogP contribution in [0.25, 0.3) is 0 Å². The molecule has 0 aliphatic rings. The summed E-state index contributed by atoms with van der Waals surface area (Å²) < 4.78 is 0. The maximum absolute atomic E-state index is 5.68. The number of rotatable bonds is 3. The predicted octanol–water partition coefficient (Wildman–Crippen LogP) is 0.236. The van der Waals surface area contributed by atoms with E-state index in [1.54, 1.807) is 19.6 Å². The number of nitrogens with two attached hydrogens (primary N) is 1. The van der Waals surface area contributed by atoms with Crippen molar-refractivity contribution >= 4 is 23.1 Å². The molecule has 5 nitrogen and oxygen atoms in total. The molecule has 0 bridgehead atoms. The van der Waals surface area contributed by atoms with Gasteiger partial charge < -0.3 is 5.32 Å². The SMILES string of the molecule is CNc1nc(Cl)nc(C)c1[NH2+]OC. The molecule has 72 valence electrons. The average Bonchev–Trinajstić information content (AvgIpc) is 2.09. The second kappa shape index (κ2) is 4.36. The van der Waals surface area contributed by atoms with Gasteiger partial charge in [-0.3, -0.25) is 0 Å². The van der Waals surface area contributed by atoms with Crippen molar-refractivity contribution in [3.63, 3.8) is 0 Å². The summed E-state index contributed by atoms with van der Waals surface area (Å²) >= 11 is 5.68. The quantitative estimate of drug-likeness (QED) is 0.546. The molecule has 0 atom stereocenters. The zero-order valence-electron chi connectivity index (χ0n) is 7.76. The predicted molar refractivity (Wildman–Crippen MR) is 49.9 cm³/mol. The number of quaternary nitrogens is 1. The van der Waals surface area contributed by atoms with Crippen LogP contribution in [0.1, 0.15) is 5.69 Å². The van der Waals surface area contributed by atoms with Crippen molar-refractivity contribution < 1.29 is 10.3 Å². The Labute approximate surface area is 81.4 Å². The highest BCUT2D eigenvalue weighted by atomic mass is 35.5. The summed E-state index contributed by atoms with van der Waals surface area (Å²) in [7, 11) is 3.35. The summed E-state index contributed by atoms with van der Waals surface area (Å²) in [5, 5.41) is 3.15. The highest BCUT2D eigenvalue weighted by Crippen LogP contribution is 2.18. The van der Waals surface area contributed by atoms with Crippen molar-refractivity contribution in [3.05, 3.63) is 11.0 Å². The van der Waals surface area contributed by atoms with Gasteiger partial charge in [0.2, 0.25) is 11.0 Å². The first-order chi connectivity index (χ1) is 6.19. The van der Waals surface area contributed by atoms with Crippen LogP contribution in [0.15, 0.2) is 0 Å². The lowest BCUT2D eigenvalue weighted by Gasteiger charge is -2.06. The molecule has 3 N–H and O–H groups in total. The molecule has 1 rings (SSSR count). The summed E-state index contributed by atoms with van der Waals surface area (Å²) in [6.45, 7) is 1.85. The standard InChI is InChI=1S/C7H11ClN4O/c1-4-5(12-13-3)6(9-2)11-7(8)10-4/h12H,1-3H3,(H,9,10,11)/p+1. The molecule has 1 aromatic rings. The molecular formula is C7H12ClN4O+. The van der Waals surface area contributed by atoms with Gasteiger partial charge in [-0.25, -0.2) is 9.82 Å². The van der Waals surface area contributed by atoms with E-state index in [9.17, 15) is 0 Å². The van der Waals surface area contributed by atoms with Gasteiger partial charge in [0.25, 0.3) is 0 Å². The number of halogens is 1. The van der Waals surface area contributed by atoms with Gasteiger partial charge in [0.1, 0.15) is 5.69 Å². The van der Waals surface area contributed by atoms with Crippen molar-refractivity contribution in [2.24, 2.45) is 0 Å². The third kappa shape index (κ3) is 2.27. The van der Waals surface area contributed by atoms with E-state index in [0.717, 1.165) is 11.4 Å². The largest absolute Gasteiger partial charge is 0.368 e. The third-order valence-corrected chi connectivity index (χ3v) is 1.75. The van der Waals surface area contributed by atoms with Crippen LogP contribution in [0, 0.1) is 6.92 Å². The monoisotopic (exact) mass is 203 g/mol. The molecule has 0 unspecified atom stereocenters. The van der Waals surface area contributed by atoms with E-state index < -0.39 is 0 Å². The average molecular weight is 204 g/mol. The van der Waals surface area contributed by atoms with Crippen LogP contribution in [0.5, 0.6) is 0 Å². The summed E-state index contributed by atoms with van der Waals surface area (Å²) in [6, 6.07) is 0. The number of nitrogens with one attached hydrogen (secondary N) is 1. The minimum Gasteiger partial charge on any atom is -0.368 e. The second-order valence-electron chi connectivity index (χ2n) is 2.44. The van der Waals surface area contributed by atoms with Gasteiger partial charge in [0.05, 0.1) is 7.11 Å². The van der Waals surface area contributed by atoms with Crippen LogP contribution in [-0.2, 0) is 4.84 Å². The molecule has 0 aromatic carbocycles. The van der Waals surface area contributed by atoms with Gasteiger partial charge in [-0.05, 0) is 18.5 Å². The first-order valence-corrected chi connectivity index (χ1v) is 4.14. The Balaban J connectivity index is 3.13. The van der Waals surface area contributed by atoms with Gasteiger partial charge in [0.15, 0.2) is 5.82 Å². The van der Waals surface area contributed by atoms with E-state index in [0.29, 0.717) is 5.82 Å². The first kappa shape index (κ1) is 10.2. The molecule has 0 amide bonds. The molecule has 13 heavy (non-hydrogen) atoms. The van der Waals surface area contributed by atoms with Crippen LogP contribution >= 0.6 is 11.6 Å². The number of hydrogen-bond acceptors (Lipinski definition) is 4. The molecule has 1 aromatic heterocycles. The Morgan fingerprint density at radius 2 is 2.15 bits per heavy atom. The lowest BCUT2D eigenvalue weighted by atomic mass is 10.3. The number of aromatic nitrogens is 2. The number of nitrogens with zero attached hydrogens (tertiary/aromatic N) is 2. The molecule has 0 aliphatic heterocycles. The van der Waals surface area contributed by atoms with Crippen LogP contribution in [0.4, 0.5) is 11.5 Å². The lowest BCUT2D eigenvalue weighted by Crippen LogP contribution is -2.76. The topological polar surface area (TPSA) is 63.7 Å². The van der Waals surface area contributed by atoms with Crippen LogP contribution < -0.4 is 10.8 Å². The second-order valence-corrected chi connectivity index (χ2v) is 2.78. The Morgan fingerprint density at radius 1 is 1.46 bits per heavy atom. The molecule has 0 saturated carbocycles. The Kier molecular flexibility index (Phi) is 3.41. The van der Waals surface area contributed by atoms with Crippen LogP contribution in [0.3, 0.4) is 0 Å². The zero-order chi connectivity index (χ0) is 9.84. The summed E-state index contributed by atoms with van der Waals surface area (Å²) in [4.78, 5) is 12.9. The maximum Gasteiger partial charge on any atom is 0.226 e. The van der Waals surface area contributed by atoms with E-state index in [1.807, 2.05) is 6.92 Å². The summed E-state index contributed by atoms with van der Waals surface area (Å²) in [5.41, 5.74) is 3.18. The smallest absolute Gasteiger partial charge is 0.226 e. The number of aryl methyl sites for hydroxylation is 1. The zero-order valence-corrected chi connectivity index (χ0v) is 8.51. The van der Waals surface area contributed by atoms with E-state index in [-0.39, 0.29) is 5.28 Å². The van der Waals surface area contributed by atoms with E-state index in [2.05, 4.69) is 15.3 Å². The Hall–Kier alpha value is -0.910. The van der Waals surface area contributed by atoms with Crippen molar-refractivity contribution in [2.45, 2.75) is 6.92 Å².